The van der Waals surface area contributed by atoms with Gasteiger partial charge in [0.25, 0.3) is 11.2 Å². The summed E-state index contributed by atoms with van der Waals surface area (Å²) in [7, 11) is -7.76. The summed E-state index contributed by atoms with van der Waals surface area (Å²) in [6.07, 6.45) is 1.37. The van der Waals surface area contributed by atoms with Crippen molar-refractivity contribution in [2.24, 2.45) is 0 Å². The molecule has 22 heteroatoms. The Morgan fingerprint density at radius 2 is 1.74 bits per heavy atom. The molecule has 0 unspecified atom stereocenters. The lowest BCUT2D eigenvalue weighted by atomic mass is 10.1. The predicted molar refractivity (Wildman–Crippen MR) is 206 cm³/mol. The molecule has 320 valence electrons. The van der Waals surface area contributed by atoms with E-state index in [4.69, 9.17) is 49.1 Å². The van der Waals surface area contributed by atoms with E-state index in [0.29, 0.717) is 17.5 Å². The summed E-state index contributed by atoms with van der Waals surface area (Å²) in [5.74, 6) is -2.43. The highest BCUT2D eigenvalue weighted by atomic mass is 35.5. The highest BCUT2D eigenvalue weighted by molar-refractivity contribution is 7.87. The molecule has 4 fully saturated rings. The van der Waals surface area contributed by atoms with Crippen molar-refractivity contribution in [3.05, 3.63) is 17.4 Å². The number of nitrogens with one attached hydrogen (secondary N) is 1. The lowest BCUT2D eigenvalue weighted by molar-refractivity contribution is -0.207. The van der Waals surface area contributed by atoms with E-state index in [1.807, 2.05) is 4.72 Å². The van der Waals surface area contributed by atoms with Gasteiger partial charge >= 0.3 is 23.9 Å². The molecule has 2 amide bonds. The number of rotatable bonds is 16. The molecule has 57 heavy (non-hydrogen) atoms. The highest BCUT2D eigenvalue weighted by Gasteiger charge is 2.62. The Bertz CT molecular complexity index is 1940. The van der Waals surface area contributed by atoms with Crippen LogP contribution >= 0.6 is 19.2 Å². The Hall–Kier alpha value is -2.49. The molecule has 3 saturated heterocycles. The number of fused-ring (bicyclic) bond motifs is 2. The van der Waals surface area contributed by atoms with E-state index in [-0.39, 0.29) is 43.1 Å². The second-order valence-electron chi connectivity index (χ2n) is 15.8. The minimum Gasteiger partial charge on any atom is -0.443 e. The zero-order chi connectivity index (χ0) is 41.6. The molecule has 4 aliphatic rings. The highest BCUT2D eigenvalue weighted by Crippen LogP contribution is 2.61. The van der Waals surface area contributed by atoms with Crippen LogP contribution in [0.15, 0.2) is 12.3 Å². The van der Waals surface area contributed by atoms with Crippen molar-refractivity contribution < 1.29 is 60.0 Å². The third kappa shape index (κ3) is 8.87. The Kier molecular flexibility index (Phi) is 13.0. The van der Waals surface area contributed by atoms with Gasteiger partial charge in [0.2, 0.25) is 0 Å². The fourth-order valence-corrected chi connectivity index (χ4v) is 11.0. The van der Waals surface area contributed by atoms with E-state index in [1.54, 1.807) is 65.6 Å². The number of methoxy groups -OCH3 is 1. The van der Waals surface area contributed by atoms with Crippen molar-refractivity contribution in [1.82, 2.24) is 23.8 Å². The number of hydrogen-bond acceptors (Lipinski definition) is 15. The molecule has 19 nitrogen and oxygen atoms in total. The van der Waals surface area contributed by atoms with Gasteiger partial charge in [0.15, 0.2) is 17.7 Å². The SMILES string of the molecule is CCOP(=O)(OCC)[C@@](COC)(OC[C@H]1O[C@@H](n2ncc3c(N(C(=O)OC(C)(C)C)C4CCCC4)cc(Cl)nc32)[C@@H]2OC(C)(C)O[C@@H]21)C(=O)NS(=O)(=O)N1CCC1. The number of amides is 2. The summed E-state index contributed by atoms with van der Waals surface area (Å²) in [6.45, 7) is 10.8. The zero-order valence-electron chi connectivity index (χ0n) is 33.6. The van der Waals surface area contributed by atoms with Gasteiger partial charge in [-0.15, -0.1) is 0 Å². The first-order chi connectivity index (χ1) is 26.8. The molecule has 1 aliphatic carbocycles. The number of pyridine rings is 1. The standard InChI is InChI=1S/C35H54ClN6O13PS/c1-9-50-56(45,51-10-2)35(21-48-8,31(43)39-57(46,47)40-16-13-17-40)49-20-25-27-28(54-34(6,7)53-27)30(52-25)42-29-23(19-37-42)24(18-26(36)38-29)41(22-14-11-12-15-22)32(44)55-33(3,4)5/h18-19,22,25,27-28,30H,9-17,20-21H2,1-8H3,(H,39,43)/t25-,27-,28-,30-,35-/m1/s1. The van der Waals surface area contributed by atoms with Gasteiger partial charge < -0.3 is 37.5 Å². The first kappa shape index (κ1) is 44.1. The Labute approximate surface area is 337 Å². The molecule has 0 bridgehead atoms. The monoisotopic (exact) mass is 864 g/mol. The summed E-state index contributed by atoms with van der Waals surface area (Å²) < 4.78 is 93.4. The van der Waals surface area contributed by atoms with Gasteiger partial charge in [-0.25, -0.2) is 19.2 Å². The summed E-state index contributed by atoms with van der Waals surface area (Å²) in [6, 6.07) is 1.48. The minimum atomic E-state index is -4.65. The van der Waals surface area contributed by atoms with Gasteiger partial charge in [0.05, 0.1) is 43.7 Å². The normalized spacial score (nSPS) is 25.3. The summed E-state index contributed by atoms with van der Waals surface area (Å²) in [4.78, 5) is 34.2. The Balaban J connectivity index is 1.36. The van der Waals surface area contributed by atoms with Crippen molar-refractivity contribution in [3.8, 4) is 0 Å². The van der Waals surface area contributed by atoms with E-state index in [0.717, 1.165) is 30.0 Å². The van der Waals surface area contributed by atoms with Crippen LogP contribution in [0, 0.1) is 0 Å². The van der Waals surface area contributed by atoms with E-state index < -0.39 is 84.3 Å². The van der Waals surface area contributed by atoms with Gasteiger partial charge in [-0.3, -0.25) is 14.3 Å². The van der Waals surface area contributed by atoms with Gasteiger partial charge in [0.1, 0.15) is 29.1 Å². The number of aromatic nitrogens is 3. The average Bonchev–Trinajstić information content (AvgIpc) is 3.86. The van der Waals surface area contributed by atoms with Gasteiger partial charge in [-0.1, -0.05) is 24.4 Å². The molecule has 6 rings (SSSR count). The molecule has 0 radical (unpaired) electrons. The van der Waals surface area contributed by atoms with Crippen LogP contribution in [0.1, 0.15) is 86.8 Å². The molecular formula is C35H54ClN6O13PS. The van der Waals surface area contributed by atoms with E-state index in [1.165, 1.54) is 11.8 Å². The lowest BCUT2D eigenvalue weighted by Gasteiger charge is -2.38. The van der Waals surface area contributed by atoms with Crippen molar-refractivity contribution in [2.45, 2.75) is 128 Å². The maximum atomic E-state index is 14.6. The van der Waals surface area contributed by atoms with Gasteiger partial charge in [-0.2, -0.15) is 17.8 Å². The van der Waals surface area contributed by atoms with Crippen molar-refractivity contribution in [1.29, 1.82) is 0 Å². The van der Waals surface area contributed by atoms with Crippen LogP contribution in [0.3, 0.4) is 0 Å². The van der Waals surface area contributed by atoms with Crippen LogP contribution in [0.2, 0.25) is 5.15 Å². The molecule has 1 saturated carbocycles. The van der Waals surface area contributed by atoms with Crippen molar-refractivity contribution in [2.75, 3.05) is 51.5 Å². The molecule has 5 heterocycles. The van der Waals surface area contributed by atoms with Crippen LogP contribution in [0.4, 0.5) is 10.5 Å². The summed E-state index contributed by atoms with van der Waals surface area (Å²) in [5.41, 5.74) is -0.000512. The number of halogens is 1. The first-order valence-electron chi connectivity index (χ1n) is 19.2. The number of carbonyl (C=O) groups excluding carboxylic acids is 2. The van der Waals surface area contributed by atoms with Crippen LogP contribution in [-0.2, 0) is 57.0 Å². The van der Waals surface area contributed by atoms with Crippen LogP contribution in [-0.4, -0.2) is 127 Å². The topological polar surface area (TPSA) is 208 Å². The largest absolute Gasteiger partial charge is 0.443 e. The third-order valence-corrected chi connectivity index (χ3v) is 14.2. The second-order valence-corrected chi connectivity index (χ2v) is 20.1. The first-order valence-corrected chi connectivity index (χ1v) is 22.6. The fourth-order valence-electron chi connectivity index (χ4n) is 7.51. The Morgan fingerprint density at radius 3 is 2.32 bits per heavy atom. The van der Waals surface area contributed by atoms with Crippen molar-refractivity contribution in [3.63, 3.8) is 0 Å². The Morgan fingerprint density at radius 1 is 1.09 bits per heavy atom. The van der Waals surface area contributed by atoms with Crippen LogP contribution in [0.25, 0.3) is 11.0 Å². The van der Waals surface area contributed by atoms with Crippen molar-refractivity contribution >= 4 is 58.1 Å². The second kappa shape index (κ2) is 16.9. The molecule has 5 atom stereocenters. The van der Waals surface area contributed by atoms with Gasteiger partial charge in [-0.05, 0) is 67.7 Å². The summed E-state index contributed by atoms with van der Waals surface area (Å²) >= 11 is 6.67. The zero-order valence-corrected chi connectivity index (χ0v) is 36.1. The van der Waals surface area contributed by atoms with E-state index in [2.05, 4.69) is 10.1 Å². The maximum Gasteiger partial charge on any atom is 0.415 e. The predicted octanol–water partition coefficient (Wildman–Crippen LogP) is 4.88. The van der Waals surface area contributed by atoms with E-state index in [9.17, 15) is 22.6 Å². The van der Waals surface area contributed by atoms with Crippen LogP contribution < -0.4 is 9.62 Å². The van der Waals surface area contributed by atoms with Gasteiger partial charge in [0, 0.05) is 32.3 Å². The number of carbonyl (C=O) groups is 2. The molecule has 0 aromatic carbocycles. The molecule has 2 aromatic heterocycles. The molecule has 2 aromatic rings. The number of ether oxygens (including phenoxy) is 6. The fraction of sp³-hybridized carbons (Fsp3) is 0.771. The van der Waals surface area contributed by atoms with Crippen LogP contribution in [0.5, 0.6) is 0 Å². The minimum absolute atomic E-state index is 0.0929. The third-order valence-electron chi connectivity index (χ3n) is 10.0. The maximum absolute atomic E-state index is 14.6. The van der Waals surface area contributed by atoms with E-state index >= 15 is 0 Å². The lowest BCUT2D eigenvalue weighted by Crippen LogP contribution is -2.58. The number of hydrogen-bond donors (Lipinski definition) is 1. The number of anilines is 1. The number of nitrogens with zero attached hydrogens (tertiary/aromatic N) is 5. The molecule has 1 N–H and O–H groups in total. The smallest absolute Gasteiger partial charge is 0.415 e. The molecular weight excluding hydrogens is 811 g/mol. The molecule has 0 spiro atoms. The molecule has 3 aliphatic heterocycles. The average molecular weight is 865 g/mol. The summed E-state index contributed by atoms with van der Waals surface area (Å²) in [5, 5.41) is 2.64. The quantitative estimate of drug-likeness (QED) is 0.176.